The van der Waals surface area contributed by atoms with Crippen molar-refractivity contribution in [1.29, 1.82) is 0 Å². The van der Waals surface area contributed by atoms with E-state index >= 15 is 0 Å². The van der Waals surface area contributed by atoms with Gasteiger partial charge in [0.25, 0.3) is 5.91 Å². The van der Waals surface area contributed by atoms with Gasteiger partial charge in [-0.2, -0.15) is 0 Å². The molecule has 0 saturated carbocycles. The summed E-state index contributed by atoms with van der Waals surface area (Å²) in [6.45, 7) is 0.508. The van der Waals surface area contributed by atoms with Gasteiger partial charge in [-0.05, 0) is 35.6 Å². The Balaban J connectivity index is 1.60. The van der Waals surface area contributed by atoms with E-state index in [-0.39, 0.29) is 5.91 Å². The van der Waals surface area contributed by atoms with Crippen molar-refractivity contribution >= 4 is 33.7 Å². The molecule has 0 atom stereocenters. The van der Waals surface area contributed by atoms with Crippen molar-refractivity contribution in [3.63, 3.8) is 0 Å². The Morgan fingerprint density at radius 3 is 2.48 bits per heavy atom. The highest BCUT2D eigenvalue weighted by molar-refractivity contribution is 7.14. The van der Waals surface area contributed by atoms with Crippen molar-refractivity contribution in [3.8, 4) is 22.8 Å². The highest BCUT2D eigenvalue weighted by Gasteiger charge is 2.22. The van der Waals surface area contributed by atoms with Crippen LogP contribution >= 0.6 is 22.7 Å². The van der Waals surface area contributed by atoms with E-state index in [9.17, 15) is 4.79 Å². The fraction of sp³-hybridized carbons (Fsp3) is 0.167. The van der Waals surface area contributed by atoms with Crippen LogP contribution in [-0.4, -0.2) is 31.7 Å². The van der Waals surface area contributed by atoms with Crippen molar-refractivity contribution in [2.45, 2.75) is 6.42 Å². The van der Waals surface area contributed by atoms with Gasteiger partial charge in [-0.1, -0.05) is 42.5 Å². The third kappa shape index (κ3) is 4.78. The highest BCUT2D eigenvalue weighted by atomic mass is 32.1. The fourth-order valence-electron chi connectivity index (χ4n) is 3.22. The Labute approximate surface area is 189 Å². The maximum atomic E-state index is 13.3. The summed E-state index contributed by atoms with van der Waals surface area (Å²) in [5, 5.41) is 4.60. The lowest BCUT2D eigenvalue weighted by Gasteiger charge is -2.19. The van der Waals surface area contributed by atoms with E-state index in [1.54, 1.807) is 19.1 Å². The van der Waals surface area contributed by atoms with Crippen LogP contribution in [0, 0.1) is 0 Å². The Bertz CT molecular complexity index is 1140. The number of methoxy groups -OCH3 is 2. The minimum Gasteiger partial charge on any atom is -0.493 e. The second-order valence-electron chi connectivity index (χ2n) is 6.75. The molecule has 2 heterocycles. The number of carbonyl (C=O) groups is 1. The maximum Gasteiger partial charge on any atom is 0.270 e. The number of rotatable bonds is 8. The summed E-state index contributed by atoms with van der Waals surface area (Å²) < 4.78 is 10.7. The van der Waals surface area contributed by atoms with Crippen molar-refractivity contribution in [1.82, 2.24) is 4.98 Å². The van der Waals surface area contributed by atoms with Crippen LogP contribution in [0.2, 0.25) is 0 Å². The third-order valence-corrected chi connectivity index (χ3v) is 6.56. The second kappa shape index (κ2) is 9.76. The van der Waals surface area contributed by atoms with E-state index in [2.05, 4.69) is 0 Å². The molecule has 0 saturated heterocycles. The molecule has 4 aromatic rings. The van der Waals surface area contributed by atoms with E-state index in [1.165, 1.54) is 22.7 Å². The lowest BCUT2D eigenvalue weighted by Crippen LogP contribution is -2.32. The van der Waals surface area contributed by atoms with Crippen LogP contribution in [0.1, 0.15) is 15.2 Å². The maximum absolute atomic E-state index is 13.3. The molecule has 0 aliphatic carbocycles. The molecule has 0 aliphatic rings. The van der Waals surface area contributed by atoms with Gasteiger partial charge in [0.15, 0.2) is 16.6 Å². The van der Waals surface area contributed by atoms with Crippen LogP contribution < -0.4 is 14.4 Å². The summed E-state index contributed by atoms with van der Waals surface area (Å²) in [5.41, 5.74) is 2.96. The zero-order chi connectivity index (χ0) is 21.6. The molecule has 0 spiro atoms. The molecule has 0 radical (unpaired) electrons. The fourth-order valence-corrected chi connectivity index (χ4v) is 4.75. The number of aromatic nitrogens is 1. The summed E-state index contributed by atoms with van der Waals surface area (Å²) in [7, 11) is 3.24. The van der Waals surface area contributed by atoms with Crippen molar-refractivity contribution in [3.05, 3.63) is 81.9 Å². The van der Waals surface area contributed by atoms with Gasteiger partial charge in [0, 0.05) is 17.5 Å². The number of hydrogen-bond donors (Lipinski definition) is 0. The number of ether oxygens (including phenoxy) is 2. The van der Waals surface area contributed by atoms with Crippen LogP contribution in [0.5, 0.6) is 11.5 Å². The van der Waals surface area contributed by atoms with Gasteiger partial charge in [0.05, 0.1) is 24.8 Å². The Kier molecular flexibility index (Phi) is 6.64. The molecule has 2 aromatic heterocycles. The number of thiophene rings is 1. The molecule has 7 heteroatoms. The SMILES string of the molecule is COc1ccc(CCN(C(=O)c2cccs2)c2nc(-c3ccccc3)cs2)cc1OC. The molecule has 0 unspecified atom stereocenters. The van der Waals surface area contributed by atoms with Gasteiger partial charge in [0.2, 0.25) is 0 Å². The smallest absolute Gasteiger partial charge is 0.270 e. The van der Waals surface area contributed by atoms with E-state index in [1.807, 2.05) is 71.4 Å². The zero-order valence-electron chi connectivity index (χ0n) is 17.3. The molecule has 158 valence electrons. The Morgan fingerprint density at radius 2 is 1.77 bits per heavy atom. The first-order chi connectivity index (χ1) is 15.2. The van der Waals surface area contributed by atoms with Gasteiger partial charge in [0.1, 0.15) is 0 Å². The van der Waals surface area contributed by atoms with Crippen molar-refractivity contribution in [2.75, 3.05) is 25.7 Å². The number of benzene rings is 2. The number of carbonyl (C=O) groups excluding carboxylic acids is 1. The van der Waals surface area contributed by atoms with E-state index in [0.717, 1.165) is 16.8 Å². The normalized spacial score (nSPS) is 10.6. The average molecular weight is 451 g/mol. The number of amides is 1. The van der Waals surface area contributed by atoms with Crippen LogP contribution in [0.25, 0.3) is 11.3 Å². The third-order valence-electron chi connectivity index (χ3n) is 4.84. The van der Waals surface area contributed by atoms with E-state index in [4.69, 9.17) is 14.5 Å². The number of anilines is 1. The predicted molar refractivity (Wildman–Crippen MR) is 127 cm³/mol. The number of thiazole rings is 1. The van der Waals surface area contributed by atoms with Crippen LogP contribution in [0.15, 0.2) is 71.4 Å². The molecule has 0 aliphatic heterocycles. The summed E-state index contributed by atoms with van der Waals surface area (Å²) in [6, 6.07) is 19.6. The first-order valence-corrected chi connectivity index (χ1v) is 11.5. The largest absolute Gasteiger partial charge is 0.493 e. The lowest BCUT2D eigenvalue weighted by molar-refractivity contribution is 0.0991. The topological polar surface area (TPSA) is 51.7 Å². The first kappa shape index (κ1) is 21.1. The van der Waals surface area contributed by atoms with Crippen molar-refractivity contribution < 1.29 is 14.3 Å². The highest BCUT2D eigenvalue weighted by Crippen LogP contribution is 2.31. The van der Waals surface area contributed by atoms with Crippen LogP contribution in [0.3, 0.4) is 0 Å². The summed E-state index contributed by atoms with van der Waals surface area (Å²) in [4.78, 5) is 20.5. The van der Waals surface area contributed by atoms with Gasteiger partial charge in [-0.25, -0.2) is 4.98 Å². The van der Waals surface area contributed by atoms with E-state index in [0.29, 0.717) is 34.5 Å². The predicted octanol–water partition coefficient (Wildman–Crippen LogP) is 5.78. The van der Waals surface area contributed by atoms with Crippen LogP contribution in [-0.2, 0) is 6.42 Å². The molecule has 1 amide bonds. The Hall–Kier alpha value is -3.16. The average Bonchev–Trinajstić information content (AvgIpc) is 3.52. The molecule has 0 fully saturated rings. The molecular formula is C24H22N2O3S2. The molecule has 0 bridgehead atoms. The van der Waals surface area contributed by atoms with Gasteiger partial charge < -0.3 is 9.47 Å². The molecule has 31 heavy (non-hydrogen) atoms. The monoisotopic (exact) mass is 450 g/mol. The molecule has 4 rings (SSSR count). The molecular weight excluding hydrogens is 428 g/mol. The lowest BCUT2D eigenvalue weighted by atomic mass is 10.1. The van der Waals surface area contributed by atoms with Crippen LogP contribution in [0.4, 0.5) is 5.13 Å². The van der Waals surface area contributed by atoms with E-state index < -0.39 is 0 Å². The molecule has 0 N–H and O–H groups in total. The first-order valence-electron chi connectivity index (χ1n) is 9.77. The molecule has 5 nitrogen and oxygen atoms in total. The number of nitrogens with zero attached hydrogens (tertiary/aromatic N) is 2. The second-order valence-corrected chi connectivity index (χ2v) is 8.54. The molecule has 2 aromatic carbocycles. The minimum absolute atomic E-state index is 0.0376. The zero-order valence-corrected chi connectivity index (χ0v) is 18.9. The summed E-state index contributed by atoms with van der Waals surface area (Å²) in [6.07, 6.45) is 0.664. The quantitative estimate of drug-likeness (QED) is 0.342. The Morgan fingerprint density at radius 1 is 0.968 bits per heavy atom. The van der Waals surface area contributed by atoms with Crippen molar-refractivity contribution in [2.24, 2.45) is 0 Å². The van der Waals surface area contributed by atoms with Gasteiger partial charge in [-0.3, -0.25) is 9.69 Å². The van der Waals surface area contributed by atoms with Gasteiger partial charge in [-0.15, -0.1) is 22.7 Å². The minimum atomic E-state index is -0.0376. The van der Waals surface area contributed by atoms with Gasteiger partial charge >= 0.3 is 0 Å². The summed E-state index contributed by atoms with van der Waals surface area (Å²) >= 11 is 2.92. The number of hydrogen-bond acceptors (Lipinski definition) is 6. The standard InChI is InChI=1S/C24H22N2O3S2/c1-28-20-11-10-17(15-21(20)29-2)12-13-26(23(27)22-9-6-14-30-22)24-25-19(16-31-24)18-7-4-3-5-8-18/h3-11,14-16H,12-13H2,1-2H3. The summed E-state index contributed by atoms with van der Waals surface area (Å²) in [5.74, 6) is 1.33.